The molecule has 0 bridgehead atoms. The van der Waals surface area contributed by atoms with Crippen LogP contribution in [0.1, 0.15) is 27.7 Å². The lowest BCUT2D eigenvalue weighted by molar-refractivity contribution is 0.0936. The van der Waals surface area contributed by atoms with Crippen molar-refractivity contribution < 1.29 is 4.79 Å². The van der Waals surface area contributed by atoms with E-state index in [1.807, 2.05) is 0 Å². The van der Waals surface area contributed by atoms with Crippen molar-refractivity contribution in [2.45, 2.75) is 25.9 Å². The zero-order chi connectivity index (χ0) is 15.5. The Balaban J connectivity index is 1.55. The number of carbonyl (C=O) groups excluding carboxylic acids is 1. The van der Waals surface area contributed by atoms with Gasteiger partial charge in [0.15, 0.2) is 0 Å². The highest BCUT2D eigenvalue weighted by Crippen LogP contribution is 2.22. The van der Waals surface area contributed by atoms with Gasteiger partial charge in [0.1, 0.15) is 0 Å². The summed E-state index contributed by atoms with van der Waals surface area (Å²) >= 11 is 7.18. The number of nitrogens with one attached hydrogen (secondary N) is 1. The molecule has 22 heavy (non-hydrogen) atoms. The zero-order valence-corrected chi connectivity index (χ0v) is 14.1. The number of amides is 1. The molecule has 0 radical (unpaired) electrons. The van der Waals surface area contributed by atoms with E-state index in [1.165, 1.54) is 22.5 Å². The van der Waals surface area contributed by atoms with Gasteiger partial charge in [-0.15, -0.1) is 11.3 Å². The van der Waals surface area contributed by atoms with Crippen molar-refractivity contribution in [3.63, 3.8) is 0 Å². The number of rotatable bonds is 4. The Morgan fingerprint density at radius 2 is 2.09 bits per heavy atom. The smallest absolute Gasteiger partial charge is 0.261 e. The molecule has 0 aliphatic carbocycles. The molecule has 2 heterocycles. The SMILES string of the molecule is CC(CNC(=O)c1ccc(Cl)s1)N1CCc2ccccc2C1. The third kappa shape index (κ3) is 3.51. The van der Waals surface area contributed by atoms with Gasteiger partial charge in [0.25, 0.3) is 5.91 Å². The van der Waals surface area contributed by atoms with Crippen LogP contribution in [0.4, 0.5) is 0 Å². The van der Waals surface area contributed by atoms with Crippen LogP contribution in [0.3, 0.4) is 0 Å². The highest BCUT2D eigenvalue weighted by atomic mass is 35.5. The molecule has 1 aliphatic heterocycles. The predicted molar refractivity (Wildman–Crippen MR) is 91.7 cm³/mol. The van der Waals surface area contributed by atoms with Gasteiger partial charge in [-0.1, -0.05) is 35.9 Å². The lowest BCUT2D eigenvalue weighted by atomic mass is 9.99. The standard InChI is InChI=1S/C17H19ClN2OS/c1-12(10-19-17(21)15-6-7-16(18)22-15)20-9-8-13-4-2-3-5-14(13)11-20/h2-7,12H,8-11H2,1H3,(H,19,21). The van der Waals surface area contributed by atoms with Gasteiger partial charge in [0, 0.05) is 25.7 Å². The van der Waals surface area contributed by atoms with Crippen LogP contribution in [0.25, 0.3) is 0 Å². The Bertz CT molecular complexity index is 670. The minimum atomic E-state index is -0.0406. The predicted octanol–water partition coefficient (Wildman–Crippen LogP) is 3.58. The summed E-state index contributed by atoms with van der Waals surface area (Å²) in [4.78, 5) is 15.2. The molecule has 1 amide bonds. The largest absolute Gasteiger partial charge is 0.350 e. The van der Waals surface area contributed by atoms with Gasteiger partial charge in [-0.25, -0.2) is 0 Å². The lowest BCUT2D eigenvalue weighted by Crippen LogP contribution is -2.44. The second-order valence-electron chi connectivity index (χ2n) is 5.65. The van der Waals surface area contributed by atoms with Crippen molar-refractivity contribution in [3.05, 3.63) is 56.7 Å². The Morgan fingerprint density at radius 1 is 1.32 bits per heavy atom. The van der Waals surface area contributed by atoms with Gasteiger partial charge in [-0.3, -0.25) is 9.69 Å². The molecule has 0 saturated carbocycles. The van der Waals surface area contributed by atoms with Gasteiger partial charge in [0.2, 0.25) is 0 Å². The number of hydrogen-bond acceptors (Lipinski definition) is 3. The molecule has 3 rings (SSSR count). The fourth-order valence-electron chi connectivity index (χ4n) is 2.79. The molecule has 5 heteroatoms. The minimum absolute atomic E-state index is 0.0406. The van der Waals surface area contributed by atoms with Gasteiger partial charge in [0.05, 0.1) is 9.21 Å². The summed E-state index contributed by atoms with van der Waals surface area (Å²) in [5, 5.41) is 3.00. The normalized spacial score (nSPS) is 16.1. The summed E-state index contributed by atoms with van der Waals surface area (Å²) in [6, 6.07) is 12.4. The maximum atomic E-state index is 12.1. The van der Waals surface area contributed by atoms with E-state index in [1.54, 1.807) is 12.1 Å². The molecule has 2 aromatic rings. The van der Waals surface area contributed by atoms with Gasteiger partial charge in [-0.05, 0) is 36.6 Å². The van der Waals surface area contributed by atoms with E-state index in [4.69, 9.17) is 11.6 Å². The van der Waals surface area contributed by atoms with E-state index in [2.05, 4.69) is 41.4 Å². The van der Waals surface area contributed by atoms with Crippen LogP contribution in [-0.2, 0) is 13.0 Å². The number of fused-ring (bicyclic) bond motifs is 1. The number of nitrogens with zero attached hydrogens (tertiary/aromatic N) is 1. The molecule has 116 valence electrons. The number of thiophene rings is 1. The van der Waals surface area contributed by atoms with Crippen LogP contribution in [0.5, 0.6) is 0 Å². The van der Waals surface area contributed by atoms with E-state index in [-0.39, 0.29) is 5.91 Å². The summed E-state index contributed by atoms with van der Waals surface area (Å²) in [6.07, 6.45) is 1.08. The summed E-state index contributed by atoms with van der Waals surface area (Å²) in [6.45, 7) is 4.81. The van der Waals surface area contributed by atoms with Crippen LogP contribution >= 0.6 is 22.9 Å². The minimum Gasteiger partial charge on any atom is -0.350 e. The molecule has 3 nitrogen and oxygen atoms in total. The second kappa shape index (κ2) is 6.82. The lowest BCUT2D eigenvalue weighted by Gasteiger charge is -2.33. The summed E-state index contributed by atoms with van der Waals surface area (Å²) in [5.74, 6) is -0.0406. The third-order valence-electron chi connectivity index (χ3n) is 4.14. The first-order valence-corrected chi connectivity index (χ1v) is 8.67. The topological polar surface area (TPSA) is 32.3 Å². The average Bonchev–Trinajstić information content (AvgIpc) is 2.98. The monoisotopic (exact) mass is 334 g/mol. The Kier molecular flexibility index (Phi) is 4.81. The van der Waals surface area contributed by atoms with Gasteiger partial charge in [-0.2, -0.15) is 0 Å². The van der Waals surface area contributed by atoms with Crippen LogP contribution in [0.15, 0.2) is 36.4 Å². The van der Waals surface area contributed by atoms with Crippen molar-refractivity contribution >= 4 is 28.8 Å². The fraction of sp³-hybridized carbons (Fsp3) is 0.353. The first kappa shape index (κ1) is 15.5. The molecule has 1 unspecified atom stereocenters. The van der Waals surface area contributed by atoms with Crippen LogP contribution in [-0.4, -0.2) is 29.9 Å². The molecule has 0 spiro atoms. The summed E-state index contributed by atoms with van der Waals surface area (Å²) < 4.78 is 0.644. The fourth-order valence-corrected chi connectivity index (χ4v) is 3.75. The highest BCUT2D eigenvalue weighted by Gasteiger charge is 2.21. The van der Waals surface area contributed by atoms with E-state index in [0.717, 1.165) is 19.5 Å². The van der Waals surface area contributed by atoms with E-state index < -0.39 is 0 Å². The maximum absolute atomic E-state index is 12.1. The molecule has 1 aliphatic rings. The Morgan fingerprint density at radius 3 is 2.82 bits per heavy atom. The summed E-state index contributed by atoms with van der Waals surface area (Å²) in [5.41, 5.74) is 2.85. The van der Waals surface area contributed by atoms with Crippen molar-refractivity contribution in [1.29, 1.82) is 0 Å². The van der Waals surface area contributed by atoms with Crippen LogP contribution in [0, 0.1) is 0 Å². The van der Waals surface area contributed by atoms with Crippen molar-refractivity contribution in [2.24, 2.45) is 0 Å². The van der Waals surface area contributed by atoms with Crippen LogP contribution < -0.4 is 5.32 Å². The highest BCUT2D eigenvalue weighted by molar-refractivity contribution is 7.17. The number of carbonyl (C=O) groups is 1. The average molecular weight is 335 g/mol. The molecule has 1 N–H and O–H groups in total. The molecule has 1 aromatic carbocycles. The van der Waals surface area contributed by atoms with Crippen LogP contribution in [0.2, 0.25) is 4.34 Å². The third-order valence-corrected chi connectivity index (χ3v) is 5.37. The second-order valence-corrected chi connectivity index (χ2v) is 7.37. The van der Waals surface area contributed by atoms with Gasteiger partial charge >= 0.3 is 0 Å². The molecule has 0 saturated heterocycles. The number of halogens is 1. The number of benzene rings is 1. The van der Waals surface area contributed by atoms with Gasteiger partial charge < -0.3 is 5.32 Å². The van der Waals surface area contributed by atoms with Crippen molar-refractivity contribution in [1.82, 2.24) is 10.2 Å². The maximum Gasteiger partial charge on any atom is 0.261 e. The first-order valence-electron chi connectivity index (χ1n) is 7.48. The Labute approximate surface area is 139 Å². The van der Waals surface area contributed by atoms with E-state index >= 15 is 0 Å². The van der Waals surface area contributed by atoms with Crippen molar-refractivity contribution in [2.75, 3.05) is 13.1 Å². The molecule has 1 atom stereocenters. The molecular weight excluding hydrogens is 316 g/mol. The molecule has 1 aromatic heterocycles. The Hall–Kier alpha value is -1.36. The quantitative estimate of drug-likeness (QED) is 0.927. The molecular formula is C17H19ClN2OS. The van der Waals surface area contributed by atoms with E-state index in [9.17, 15) is 4.79 Å². The number of hydrogen-bond donors (Lipinski definition) is 1. The van der Waals surface area contributed by atoms with Crippen molar-refractivity contribution in [3.8, 4) is 0 Å². The summed E-state index contributed by atoms with van der Waals surface area (Å²) in [7, 11) is 0. The van der Waals surface area contributed by atoms with E-state index in [0.29, 0.717) is 21.8 Å². The molecule has 0 fully saturated rings. The zero-order valence-electron chi connectivity index (χ0n) is 12.5. The first-order chi connectivity index (χ1) is 10.6.